The number of halogens is 1. The number of anilines is 1. The third kappa shape index (κ3) is 6.80. The van der Waals surface area contributed by atoms with Crippen LogP contribution < -0.4 is 20.7 Å². The number of nitrogens with two attached hydrogens (primary N) is 1. The van der Waals surface area contributed by atoms with E-state index in [1.807, 2.05) is 12.1 Å². The van der Waals surface area contributed by atoms with Gasteiger partial charge in [-0.2, -0.15) is 5.26 Å². The summed E-state index contributed by atoms with van der Waals surface area (Å²) in [6, 6.07) is 10.9. The molecular weight excluding hydrogens is 578 g/mol. The smallest absolute Gasteiger partial charge is 0.253 e. The summed E-state index contributed by atoms with van der Waals surface area (Å²) >= 11 is 6.22. The molecule has 3 aliphatic rings. The van der Waals surface area contributed by atoms with Crippen LogP contribution in [0.5, 0.6) is 5.75 Å². The number of nitrogens with one attached hydrogen (secondary N) is 1. The van der Waals surface area contributed by atoms with Crippen molar-refractivity contribution < 1.29 is 14.3 Å². The summed E-state index contributed by atoms with van der Waals surface area (Å²) in [6.45, 7) is 15.4. The summed E-state index contributed by atoms with van der Waals surface area (Å²) in [5, 5.41) is 12.8. The van der Waals surface area contributed by atoms with Gasteiger partial charge in [-0.15, -0.1) is 0 Å². The molecule has 3 N–H and O–H groups in total. The fraction of sp³-hybridized carbons (Fsp3) is 0.576. The van der Waals surface area contributed by atoms with Gasteiger partial charge >= 0.3 is 0 Å². The van der Waals surface area contributed by atoms with Gasteiger partial charge in [-0.1, -0.05) is 39.3 Å². The Hall–Kier alpha value is -3.39. The van der Waals surface area contributed by atoms with E-state index in [4.69, 9.17) is 27.3 Å². The molecule has 3 fully saturated rings. The van der Waals surface area contributed by atoms with Crippen LogP contribution in [0.15, 0.2) is 36.5 Å². The number of nitrogens with zero attached hydrogens (tertiary/aromatic N) is 5. The number of aromatic nitrogens is 1. The first-order valence-electron chi connectivity index (χ1n) is 15.5. The van der Waals surface area contributed by atoms with Crippen LogP contribution in [0.2, 0.25) is 5.02 Å². The number of piperazine rings is 1. The zero-order chi connectivity index (χ0) is 31.6. The minimum absolute atomic E-state index is 0.119. The molecule has 2 saturated heterocycles. The molecule has 2 aliphatic heterocycles. The van der Waals surface area contributed by atoms with Crippen molar-refractivity contribution >= 4 is 29.2 Å². The molecule has 5 rings (SSSR count). The van der Waals surface area contributed by atoms with Crippen LogP contribution in [0.1, 0.15) is 56.5 Å². The highest BCUT2D eigenvalue weighted by Crippen LogP contribution is 2.55. The van der Waals surface area contributed by atoms with Crippen LogP contribution in [0.4, 0.5) is 5.82 Å². The Morgan fingerprint density at radius 3 is 2.41 bits per heavy atom. The lowest BCUT2D eigenvalue weighted by atomic mass is 9.49. The fourth-order valence-electron chi connectivity index (χ4n) is 7.55. The number of pyridine rings is 1. The van der Waals surface area contributed by atoms with Crippen LogP contribution in [0.3, 0.4) is 0 Å². The quantitative estimate of drug-likeness (QED) is 0.412. The SMILES string of the molecule is CC1(C)[C@H](NC(=O)c2ccc(N3CCC(CCN4CCN(CC(N)=O)CC4)C3)nc2)C(C)(C)[C@H]1Oc1ccc(C#N)c(Cl)c1. The predicted octanol–water partition coefficient (Wildman–Crippen LogP) is 3.54. The van der Waals surface area contributed by atoms with Gasteiger partial charge in [-0.3, -0.25) is 14.5 Å². The van der Waals surface area contributed by atoms with E-state index in [2.05, 4.69) is 58.8 Å². The van der Waals surface area contributed by atoms with E-state index < -0.39 is 0 Å². The molecule has 0 bridgehead atoms. The first-order chi connectivity index (χ1) is 20.9. The lowest BCUT2D eigenvalue weighted by Gasteiger charge is -2.63. The van der Waals surface area contributed by atoms with Gasteiger partial charge in [0.25, 0.3) is 5.91 Å². The molecule has 10 nitrogen and oxygen atoms in total. The van der Waals surface area contributed by atoms with E-state index in [9.17, 15) is 9.59 Å². The number of ether oxygens (including phenoxy) is 1. The van der Waals surface area contributed by atoms with Gasteiger partial charge in [0.2, 0.25) is 5.91 Å². The summed E-state index contributed by atoms with van der Waals surface area (Å²) in [6.07, 6.45) is 3.78. The minimum Gasteiger partial charge on any atom is -0.489 e. The molecule has 11 heteroatoms. The number of primary amides is 1. The summed E-state index contributed by atoms with van der Waals surface area (Å²) < 4.78 is 6.35. The van der Waals surface area contributed by atoms with Gasteiger partial charge in [-0.05, 0) is 49.6 Å². The molecule has 0 spiro atoms. The fourth-order valence-corrected chi connectivity index (χ4v) is 7.76. The molecule has 1 aromatic carbocycles. The van der Waals surface area contributed by atoms with Crippen LogP contribution >= 0.6 is 11.6 Å². The minimum atomic E-state index is -0.339. The van der Waals surface area contributed by atoms with Crippen LogP contribution in [0.25, 0.3) is 0 Å². The number of amides is 2. The normalized spacial score (nSPS) is 24.7. The molecule has 2 amide bonds. The Kier molecular flexibility index (Phi) is 9.40. The summed E-state index contributed by atoms with van der Waals surface area (Å²) in [5.74, 6) is 1.72. The maximum absolute atomic E-state index is 13.3. The maximum atomic E-state index is 13.3. The summed E-state index contributed by atoms with van der Waals surface area (Å²) in [5.41, 5.74) is 5.60. The lowest BCUT2D eigenvalue weighted by Crippen LogP contribution is -2.74. The van der Waals surface area contributed by atoms with Crippen LogP contribution in [-0.2, 0) is 4.79 Å². The molecular formula is C33H44ClN7O3. The number of benzene rings is 1. The topological polar surface area (TPSA) is 128 Å². The lowest BCUT2D eigenvalue weighted by molar-refractivity contribution is -0.164. The van der Waals surface area contributed by atoms with E-state index >= 15 is 0 Å². The number of carbonyl (C=O) groups is 2. The van der Waals surface area contributed by atoms with Crippen molar-refractivity contribution in [2.24, 2.45) is 22.5 Å². The Labute approximate surface area is 265 Å². The Balaban J connectivity index is 1.10. The molecule has 1 aromatic heterocycles. The van der Waals surface area contributed by atoms with E-state index in [1.165, 1.54) is 0 Å². The van der Waals surface area contributed by atoms with Gasteiger partial charge in [0.05, 0.1) is 22.7 Å². The monoisotopic (exact) mass is 621 g/mol. The van der Waals surface area contributed by atoms with Crippen molar-refractivity contribution in [2.45, 2.75) is 52.7 Å². The van der Waals surface area contributed by atoms with Gasteiger partial charge in [-0.25, -0.2) is 4.98 Å². The zero-order valence-corrected chi connectivity index (χ0v) is 26.9. The molecule has 1 aliphatic carbocycles. The van der Waals surface area contributed by atoms with Gasteiger partial charge in [0.1, 0.15) is 23.7 Å². The summed E-state index contributed by atoms with van der Waals surface area (Å²) in [7, 11) is 0. The molecule has 44 heavy (non-hydrogen) atoms. The Morgan fingerprint density at radius 1 is 1.09 bits per heavy atom. The van der Waals surface area contributed by atoms with E-state index in [-0.39, 0.29) is 34.8 Å². The molecule has 2 aromatic rings. The molecule has 236 valence electrons. The van der Waals surface area contributed by atoms with Gasteiger partial charge < -0.3 is 25.6 Å². The van der Waals surface area contributed by atoms with Crippen molar-refractivity contribution in [3.05, 3.63) is 52.7 Å². The highest BCUT2D eigenvalue weighted by molar-refractivity contribution is 6.31. The number of hydrogen-bond acceptors (Lipinski definition) is 8. The Bertz CT molecular complexity index is 1380. The standard InChI is InChI=1S/C33H44ClN7O3/c1-32(2)30(33(3,4)31(32)44-25-7-5-23(18-35)26(34)17-25)38-29(43)24-6-8-28(37-19-24)41-12-10-22(20-41)9-11-39-13-15-40(16-14-39)21-27(36)42/h5-8,17,19,22,30-31H,9-16,20-21H2,1-4H3,(H2,36,42)(H,38,43)/t22?,30-,31-. The average molecular weight is 622 g/mol. The van der Waals surface area contributed by atoms with Gasteiger partial charge in [0, 0.05) is 68.4 Å². The maximum Gasteiger partial charge on any atom is 0.253 e. The van der Waals surface area contributed by atoms with Crippen molar-refractivity contribution in [3.8, 4) is 11.8 Å². The van der Waals surface area contributed by atoms with Crippen molar-refractivity contribution in [1.29, 1.82) is 5.26 Å². The van der Waals surface area contributed by atoms with Gasteiger partial charge in [0.15, 0.2) is 0 Å². The molecule has 1 saturated carbocycles. The molecule has 0 radical (unpaired) electrons. The molecule has 3 heterocycles. The van der Waals surface area contributed by atoms with E-state index in [0.717, 1.165) is 64.5 Å². The highest BCUT2D eigenvalue weighted by atomic mass is 35.5. The molecule has 1 unspecified atom stereocenters. The number of nitriles is 1. The third-order valence-corrected chi connectivity index (χ3v) is 10.1. The number of rotatable bonds is 10. The highest BCUT2D eigenvalue weighted by Gasteiger charge is 2.64. The molecule has 1 atom stereocenters. The van der Waals surface area contributed by atoms with E-state index in [1.54, 1.807) is 24.4 Å². The van der Waals surface area contributed by atoms with Crippen LogP contribution in [-0.4, -0.2) is 91.1 Å². The van der Waals surface area contributed by atoms with Crippen molar-refractivity contribution in [3.63, 3.8) is 0 Å². The number of carbonyl (C=O) groups excluding carboxylic acids is 2. The largest absolute Gasteiger partial charge is 0.489 e. The Morgan fingerprint density at radius 2 is 1.80 bits per heavy atom. The summed E-state index contributed by atoms with van der Waals surface area (Å²) in [4.78, 5) is 36.1. The second-order valence-corrected chi connectivity index (χ2v) is 14.1. The van der Waals surface area contributed by atoms with E-state index in [0.29, 0.717) is 34.4 Å². The first-order valence-corrected chi connectivity index (χ1v) is 15.9. The number of hydrogen-bond donors (Lipinski definition) is 2. The first kappa shape index (κ1) is 32.0. The third-order valence-electron chi connectivity index (χ3n) is 9.75. The second-order valence-electron chi connectivity index (χ2n) is 13.7. The second kappa shape index (κ2) is 12.9. The van der Waals surface area contributed by atoms with Crippen molar-refractivity contribution in [2.75, 3.05) is 57.3 Å². The van der Waals surface area contributed by atoms with Crippen molar-refractivity contribution in [1.82, 2.24) is 20.1 Å². The predicted molar refractivity (Wildman–Crippen MR) is 171 cm³/mol. The zero-order valence-electron chi connectivity index (χ0n) is 26.2. The average Bonchev–Trinajstić information content (AvgIpc) is 3.47. The van der Waals surface area contributed by atoms with Crippen LogP contribution in [0, 0.1) is 28.1 Å².